The predicted molar refractivity (Wildman–Crippen MR) is 101 cm³/mol. The van der Waals surface area contributed by atoms with Gasteiger partial charge >= 0.3 is 5.97 Å². The Morgan fingerprint density at radius 2 is 1.96 bits per heavy atom. The molecule has 1 aliphatic heterocycles. The van der Waals surface area contributed by atoms with Crippen molar-refractivity contribution in [3.63, 3.8) is 0 Å². The van der Waals surface area contributed by atoms with E-state index in [4.69, 9.17) is 10.1 Å². The highest BCUT2D eigenvalue weighted by atomic mass is 16.4. The van der Waals surface area contributed by atoms with Crippen LogP contribution < -0.4 is 9.80 Å². The number of aryl methyl sites for hydroxylation is 1. The fourth-order valence-corrected chi connectivity index (χ4v) is 3.17. The van der Waals surface area contributed by atoms with Gasteiger partial charge in [-0.3, -0.25) is 9.78 Å². The van der Waals surface area contributed by atoms with Crippen LogP contribution in [-0.4, -0.2) is 52.7 Å². The largest absolute Gasteiger partial charge is 0.481 e. The van der Waals surface area contributed by atoms with Gasteiger partial charge in [0.2, 0.25) is 5.95 Å². The van der Waals surface area contributed by atoms with Crippen molar-refractivity contribution in [2.45, 2.75) is 26.2 Å². The van der Waals surface area contributed by atoms with Crippen LogP contribution in [0.4, 0.5) is 11.8 Å². The number of carboxylic acid groups (broad SMARTS) is 1. The smallest absolute Gasteiger partial charge is 0.306 e. The molecule has 0 saturated carbocycles. The quantitative estimate of drug-likeness (QED) is 0.850. The summed E-state index contributed by atoms with van der Waals surface area (Å²) < 4.78 is 0. The van der Waals surface area contributed by atoms with Crippen LogP contribution in [0.5, 0.6) is 0 Å². The van der Waals surface area contributed by atoms with Crippen LogP contribution in [0.3, 0.4) is 0 Å². The summed E-state index contributed by atoms with van der Waals surface area (Å²) in [4.78, 5) is 28.7. The van der Waals surface area contributed by atoms with E-state index in [9.17, 15) is 4.79 Å². The number of hydrogen-bond donors (Lipinski definition) is 1. The van der Waals surface area contributed by atoms with E-state index in [1.54, 1.807) is 12.4 Å². The predicted octanol–water partition coefficient (Wildman–Crippen LogP) is 2.16. The second-order valence-electron chi connectivity index (χ2n) is 6.79. The number of hydrogen-bond acceptors (Lipinski definition) is 6. The molecule has 0 aromatic carbocycles. The third kappa shape index (κ3) is 4.47. The number of rotatable bonds is 6. The maximum atomic E-state index is 11.1. The molecule has 1 aliphatic rings. The zero-order chi connectivity index (χ0) is 18.5. The molecule has 1 saturated heterocycles. The van der Waals surface area contributed by atoms with Gasteiger partial charge in [0.05, 0.1) is 5.92 Å². The Bertz CT molecular complexity index is 745. The molecule has 3 heterocycles. The summed E-state index contributed by atoms with van der Waals surface area (Å²) in [7, 11) is 2.00. The van der Waals surface area contributed by atoms with Crippen molar-refractivity contribution in [2.75, 3.05) is 36.5 Å². The number of likely N-dealkylation sites (N-methyl/N-ethyl adjacent to an activating group) is 1. The van der Waals surface area contributed by atoms with Crippen LogP contribution in [-0.2, 0) is 11.2 Å². The molecule has 7 heteroatoms. The Kier molecular flexibility index (Phi) is 5.65. The van der Waals surface area contributed by atoms with Gasteiger partial charge < -0.3 is 14.9 Å². The third-order valence-electron chi connectivity index (χ3n) is 4.82. The molecule has 0 radical (unpaired) electrons. The second kappa shape index (κ2) is 8.12. The van der Waals surface area contributed by atoms with E-state index in [-0.39, 0.29) is 5.92 Å². The van der Waals surface area contributed by atoms with Crippen molar-refractivity contribution < 1.29 is 9.90 Å². The summed E-state index contributed by atoms with van der Waals surface area (Å²) in [6.07, 6.45) is 5.82. The summed E-state index contributed by atoms with van der Waals surface area (Å²) in [5.41, 5.74) is 2.15. The van der Waals surface area contributed by atoms with E-state index in [1.807, 2.05) is 32.2 Å². The van der Waals surface area contributed by atoms with E-state index in [2.05, 4.69) is 19.8 Å². The molecule has 3 rings (SSSR count). The van der Waals surface area contributed by atoms with E-state index in [1.165, 1.54) is 5.56 Å². The van der Waals surface area contributed by atoms with Gasteiger partial charge in [0, 0.05) is 50.8 Å². The zero-order valence-corrected chi connectivity index (χ0v) is 15.3. The molecule has 0 unspecified atom stereocenters. The monoisotopic (exact) mass is 355 g/mol. The van der Waals surface area contributed by atoms with Crippen LogP contribution in [0, 0.1) is 12.8 Å². The molecule has 2 aromatic heterocycles. The van der Waals surface area contributed by atoms with E-state index < -0.39 is 5.97 Å². The molecular weight excluding hydrogens is 330 g/mol. The maximum Gasteiger partial charge on any atom is 0.306 e. The molecule has 1 fully saturated rings. The van der Waals surface area contributed by atoms with Crippen molar-refractivity contribution in [2.24, 2.45) is 5.92 Å². The normalized spacial score (nSPS) is 15.1. The van der Waals surface area contributed by atoms with E-state index in [0.717, 1.165) is 24.5 Å². The molecule has 1 N–H and O–H groups in total. The molecule has 138 valence electrons. The summed E-state index contributed by atoms with van der Waals surface area (Å²) in [6.45, 7) is 4.21. The Hall–Kier alpha value is -2.70. The molecule has 26 heavy (non-hydrogen) atoms. The number of piperidine rings is 1. The van der Waals surface area contributed by atoms with Crippen LogP contribution >= 0.6 is 0 Å². The van der Waals surface area contributed by atoms with E-state index >= 15 is 0 Å². The van der Waals surface area contributed by atoms with Gasteiger partial charge in [-0.25, -0.2) is 4.98 Å². The van der Waals surface area contributed by atoms with Crippen LogP contribution in [0.1, 0.15) is 24.1 Å². The van der Waals surface area contributed by atoms with Crippen molar-refractivity contribution >= 4 is 17.7 Å². The summed E-state index contributed by atoms with van der Waals surface area (Å²) in [6, 6.07) is 6.01. The first-order valence-corrected chi connectivity index (χ1v) is 8.96. The molecular formula is C19H25N5O2. The van der Waals surface area contributed by atoms with Gasteiger partial charge in [-0.1, -0.05) is 0 Å². The van der Waals surface area contributed by atoms with Crippen molar-refractivity contribution in [3.05, 3.63) is 41.9 Å². The van der Waals surface area contributed by atoms with Gasteiger partial charge in [-0.15, -0.1) is 0 Å². The minimum Gasteiger partial charge on any atom is -0.481 e. The van der Waals surface area contributed by atoms with Gasteiger partial charge in [-0.05, 0) is 43.9 Å². The van der Waals surface area contributed by atoms with Crippen LogP contribution in [0.25, 0.3) is 0 Å². The fraction of sp³-hybridized carbons (Fsp3) is 0.474. The standard InChI is InChI=1S/C19H25N5O2/c1-14-13-17(24-11-6-16(7-12-24)18(25)26)22-19(21-14)23(2)10-5-15-3-8-20-9-4-15/h3-4,8-9,13,16H,5-7,10-12H2,1-2H3,(H,25,26). The Morgan fingerprint density at radius 1 is 1.27 bits per heavy atom. The van der Waals surface area contributed by atoms with Crippen LogP contribution in [0.2, 0.25) is 0 Å². The average molecular weight is 355 g/mol. The van der Waals surface area contributed by atoms with Gasteiger partial charge in [-0.2, -0.15) is 4.98 Å². The van der Waals surface area contributed by atoms with Crippen molar-refractivity contribution in [1.29, 1.82) is 0 Å². The summed E-state index contributed by atoms with van der Waals surface area (Å²) in [5.74, 6) is 0.651. The fourth-order valence-electron chi connectivity index (χ4n) is 3.17. The minimum atomic E-state index is -0.694. The van der Waals surface area contributed by atoms with Crippen molar-refractivity contribution in [3.8, 4) is 0 Å². The molecule has 0 spiro atoms. The SMILES string of the molecule is Cc1cc(N2CCC(C(=O)O)CC2)nc(N(C)CCc2ccncc2)n1. The molecule has 7 nitrogen and oxygen atoms in total. The van der Waals surface area contributed by atoms with Gasteiger partial charge in [0.15, 0.2) is 0 Å². The van der Waals surface area contributed by atoms with Gasteiger partial charge in [0.25, 0.3) is 0 Å². The number of carbonyl (C=O) groups is 1. The molecule has 0 atom stereocenters. The zero-order valence-electron chi connectivity index (χ0n) is 15.3. The number of nitrogens with zero attached hydrogens (tertiary/aromatic N) is 5. The number of carboxylic acids is 1. The number of aromatic nitrogens is 3. The van der Waals surface area contributed by atoms with Crippen molar-refractivity contribution in [1.82, 2.24) is 15.0 Å². The minimum absolute atomic E-state index is 0.239. The van der Waals surface area contributed by atoms with E-state index in [0.29, 0.717) is 31.9 Å². The molecule has 0 amide bonds. The highest BCUT2D eigenvalue weighted by Crippen LogP contribution is 2.24. The summed E-state index contributed by atoms with van der Waals surface area (Å²) in [5, 5.41) is 9.15. The first-order valence-electron chi connectivity index (χ1n) is 8.96. The van der Waals surface area contributed by atoms with Gasteiger partial charge in [0.1, 0.15) is 5.82 Å². The first-order chi connectivity index (χ1) is 12.5. The number of pyridine rings is 1. The summed E-state index contributed by atoms with van der Waals surface area (Å²) >= 11 is 0. The highest BCUT2D eigenvalue weighted by Gasteiger charge is 2.25. The number of aliphatic carboxylic acids is 1. The Balaban J connectivity index is 1.66. The second-order valence-corrected chi connectivity index (χ2v) is 6.79. The van der Waals surface area contributed by atoms with Crippen LogP contribution in [0.15, 0.2) is 30.6 Å². The average Bonchev–Trinajstić information content (AvgIpc) is 2.66. The Morgan fingerprint density at radius 3 is 2.62 bits per heavy atom. The lowest BCUT2D eigenvalue weighted by Crippen LogP contribution is -2.37. The Labute approximate surface area is 153 Å². The molecule has 0 bridgehead atoms. The first kappa shape index (κ1) is 18.1. The lowest BCUT2D eigenvalue weighted by Gasteiger charge is -2.31. The molecule has 2 aromatic rings. The highest BCUT2D eigenvalue weighted by molar-refractivity contribution is 5.70. The molecule has 0 aliphatic carbocycles. The lowest BCUT2D eigenvalue weighted by molar-refractivity contribution is -0.142. The number of anilines is 2. The third-order valence-corrected chi connectivity index (χ3v) is 4.82. The lowest BCUT2D eigenvalue weighted by atomic mass is 9.97. The topological polar surface area (TPSA) is 82.5 Å². The maximum absolute atomic E-state index is 11.1.